The molecule has 0 radical (unpaired) electrons. The third-order valence-corrected chi connectivity index (χ3v) is 3.50. The maximum Gasteiger partial charge on any atom is 0.126 e. The lowest BCUT2D eigenvalue weighted by Gasteiger charge is -2.28. The Bertz CT molecular complexity index is 591. The van der Waals surface area contributed by atoms with Gasteiger partial charge in [0, 0.05) is 16.1 Å². The zero-order valence-electron chi connectivity index (χ0n) is 11.9. The fourth-order valence-electron chi connectivity index (χ4n) is 2.23. The molecule has 0 fully saturated rings. The van der Waals surface area contributed by atoms with Crippen LogP contribution in [0.4, 0.5) is 0 Å². The van der Waals surface area contributed by atoms with Crippen LogP contribution in [0.5, 0.6) is 5.75 Å². The topological polar surface area (TPSA) is 29.5 Å². The van der Waals surface area contributed by atoms with Gasteiger partial charge in [0.2, 0.25) is 0 Å². The summed E-state index contributed by atoms with van der Waals surface area (Å²) in [7, 11) is 0. The summed E-state index contributed by atoms with van der Waals surface area (Å²) in [6.07, 6.45) is 0.0400. The SMILES string of the molecule is CC(C)Oc1ccccc1C(C)(O)c1ccccc1Cl. The van der Waals surface area contributed by atoms with Gasteiger partial charge in [0.1, 0.15) is 11.4 Å². The van der Waals surface area contributed by atoms with Crippen LogP contribution in [0.1, 0.15) is 31.9 Å². The average molecular weight is 291 g/mol. The van der Waals surface area contributed by atoms with Crippen LogP contribution in [0, 0.1) is 0 Å². The Morgan fingerprint density at radius 2 is 1.55 bits per heavy atom. The van der Waals surface area contributed by atoms with Crippen LogP contribution in [-0.2, 0) is 5.60 Å². The van der Waals surface area contributed by atoms with Gasteiger partial charge in [-0.05, 0) is 32.9 Å². The van der Waals surface area contributed by atoms with Gasteiger partial charge in [-0.2, -0.15) is 0 Å². The molecule has 2 nitrogen and oxygen atoms in total. The first-order valence-corrected chi connectivity index (χ1v) is 7.04. The van der Waals surface area contributed by atoms with E-state index in [1.165, 1.54) is 0 Å². The van der Waals surface area contributed by atoms with E-state index in [0.29, 0.717) is 21.9 Å². The van der Waals surface area contributed by atoms with Gasteiger partial charge in [-0.3, -0.25) is 0 Å². The molecule has 0 heterocycles. The minimum absolute atomic E-state index is 0.0400. The molecule has 1 unspecified atom stereocenters. The summed E-state index contributed by atoms with van der Waals surface area (Å²) < 4.78 is 5.79. The molecule has 0 saturated carbocycles. The maximum absolute atomic E-state index is 11.0. The van der Waals surface area contributed by atoms with Crippen LogP contribution in [0.2, 0.25) is 5.02 Å². The lowest BCUT2D eigenvalue weighted by atomic mass is 9.87. The molecule has 0 aromatic heterocycles. The molecule has 0 spiro atoms. The van der Waals surface area contributed by atoms with Crippen LogP contribution in [0.3, 0.4) is 0 Å². The van der Waals surface area contributed by atoms with E-state index in [-0.39, 0.29) is 6.10 Å². The van der Waals surface area contributed by atoms with Crippen LogP contribution >= 0.6 is 11.6 Å². The molecule has 2 aromatic carbocycles. The van der Waals surface area contributed by atoms with E-state index in [1.807, 2.05) is 56.3 Å². The van der Waals surface area contributed by atoms with Crippen LogP contribution in [0.15, 0.2) is 48.5 Å². The molecule has 0 aliphatic heterocycles. The van der Waals surface area contributed by atoms with Crippen molar-refractivity contribution >= 4 is 11.6 Å². The number of benzene rings is 2. The second-order valence-electron chi connectivity index (χ2n) is 5.21. The predicted molar refractivity (Wildman–Crippen MR) is 82.3 cm³/mol. The third-order valence-electron chi connectivity index (χ3n) is 3.17. The van der Waals surface area contributed by atoms with Gasteiger partial charge in [0.15, 0.2) is 0 Å². The van der Waals surface area contributed by atoms with Crippen molar-refractivity contribution < 1.29 is 9.84 Å². The summed E-state index contributed by atoms with van der Waals surface area (Å²) in [5.41, 5.74) is 0.173. The molecular weight excluding hydrogens is 272 g/mol. The van der Waals surface area contributed by atoms with Gasteiger partial charge in [-0.15, -0.1) is 0 Å². The first-order valence-electron chi connectivity index (χ1n) is 6.66. The first kappa shape index (κ1) is 14.9. The second kappa shape index (κ2) is 5.86. The van der Waals surface area contributed by atoms with Gasteiger partial charge < -0.3 is 9.84 Å². The van der Waals surface area contributed by atoms with Crippen molar-refractivity contribution in [2.24, 2.45) is 0 Å². The van der Waals surface area contributed by atoms with Crippen molar-refractivity contribution in [3.8, 4) is 5.75 Å². The van der Waals surface area contributed by atoms with Gasteiger partial charge in [0.05, 0.1) is 6.10 Å². The van der Waals surface area contributed by atoms with Gasteiger partial charge in [-0.1, -0.05) is 48.0 Å². The van der Waals surface area contributed by atoms with Crippen molar-refractivity contribution in [3.05, 3.63) is 64.7 Å². The maximum atomic E-state index is 11.0. The molecule has 3 heteroatoms. The second-order valence-corrected chi connectivity index (χ2v) is 5.62. The van der Waals surface area contributed by atoms with E-state index in [2.05, 4.69) is 0 Å². The summed E-state index contributed by atoms with van der Waals surface area (Å²) in [6.45, 7) is 5.65. The standard InChI is InChI=1S/C17H19ClO2/c1-12(2)20-16-11-7-5-9-14(16)17(3,19)13-8-4-6-10-15(13)18/h4-12,19H,1-3H3. The predicted octanol–water partition coefficient (Wildman–Crippen LogP) is 4.38. The molecule has 0 amide bonds. The average Bonchev–Trinajstić information content (AvgIpc) is 2.38. The van der Waals surface area contributed by atoms with Crippen LogP contribution in [0.25, 0.3) is 0 Å². The summed E-state index contributed by atoms with van der Waals surface area (Å²) in [6, 6.07) is 14.8. The first-order chi connectivity index (χ1) is 9.43. The Hall–Kier alpha value is -1.51. The number of rotatable bonds is 4. The molecule has 0 saturated heterocycles. The highest BCUT2D eigenvalue weighted by Crippen LogP contribution is 2.38. The molecule has 2 aromatic rings. The number of hydrogen-bond acceptors (Lipinski definition) is 2. The zero-order valence-corrected chi connectivity index (χ0v) is 12.7. The summed E-state index contributed by atoms with van der Waals surface area (Å²) >= 11 is 6.22. The lowest BCUT2D eigenvalue weighted by molar-refractivity contribution is 0.0959. The number of ether oxygens (including phenoxy) is 1. The minimum Gasteiger partial charge on any atom is -0.491 e. The van der Waals surface area contributed by atoms with E-state index in [1.54, 1.807) is 13.0 Å². The summed E-state index contributed by atoms with van der Waals surface area (Å²) in [5.74, 6) is 0.674. The highest BCUT2D eigenvalue weighted by atomic mass is 35.5. The van der Waals surface area contributed by atoms with Gasteiger partial charge in [-0.25, -0.2) is 0 Å². The minimum atomic E-state index is -1.20. The van der Waals surface area contributed by atoms with Crippen molar-refractivity contribution in [2.45, 2.75) is 32.5 Å². The monoisotopic (exact) mass is 290 g/mol. The van der Waals surface area contributed by atoms with Crippen LogP contribution in [-0.4, -0.2) is 11.2 Å². The number of halogens is 1. The molecule has 20 heavy (non-hydrogen) atoms. The fourth-order valence-corrected chi connectivity index (χ4v) is 2.55. The highest BCUT2D eigenvalue weighted by molar-refractivity contribution is 6.31. The Labute approximate surface area is 125 Å². The van der Waals surface area contributed by atoms with Gasteiger partial charge >= 0.3 is 0 Å². The van der Waals surface area contributed by atoms with Crippen molar-refractivity contribution in [1.29, 1.82) is 0 Å². The van der Waals surface area contributed by atoms with E-state index in [0.717, 1.165) is 0 Å². The Kier molecular flexibility index (Phi) is 4.36. The molecule has 1 atom stereocenters. The summed E-state index contributed by atoms with van der Waals surface area (Å²) in [5, 5.41) is 11.5. The normalized spacial score (nSPS) is 14.1. The number of hydrogen-bond donors (Lipinski definition) is 1. The smallest absolute Gasteiger partial charge is 0.126 e. The molecule has 0 aliphatic carbocycles. The van der Waals surface area contributed by atoms with E-state index in [4.69, 9.17) is 16.3 Å². The Morgan fingerprint density at radius 3 is 2.15 bits per heavy atom. The molecule has 0 bridgehead atoms. The molecule has 1 N–H and O–H groups in total. The van der Waals surface area contributed by atoms with Crippen molar-refractivity contribution in [3.63, 3.8) is 0 Å². The van der Waals surface area contributed by atoms with Gasteiger partial charge in [0.25, 0.3) is 0 Å². The number of para-hydroxylation sites is 1. The molecule has 106 valence electrons. The molecule has 0 aliphatic rings. The third kappa shape index (κ3) is 2.97. The fraction of sp³-hybridized carbons (Fsp3) is 0.294. The molecular formula is C17H19ClO2. The van der Waals surface area contributed by atoms with E-state index < -0.39 is 5.60 Å². The van der Waals surface area contributed by atoms with Crippen molar-refractivity contribution in [1.82, 2.24) is 0 Å². The Balaban J connectivity index is 2.52. The van der Waals surface area contributed by atoms with Crippen molar-refractivity contribution in [2.75, 3.05) is 0 Å². The highest BCUT2D eigenvalue weighted by Gasteiger charge is 2.30. The zero-order chi connectivity index (χ0) is 14.8. The van der Waals surface area contributed by atoms with E-state index >= 15 is 0 Å². The largest absolute Gasteiger partial charge is 0.491 e. The molecule has 2 rings (SSSR count). The van der Waals surface area contributed by atoms with Crippen LogP contribution < -0.4 is 4.74 Å². The quantitative estimate of drug-likeness (QED) is 0.905. The lowest BCUT2D eigenvalue weighted by Crippen LogP contribution is -2.25. The number of aliphatic hydroxyl groups is 1. The van der Waals surface area contributed by atoms with E-state index in [9.17, 15) is 5.11 Å². The summed E-state index contributed by atoms with van der Waals surface area (Å²) in [4.78, 5) is 0. The Morgan fingerprint density at radius 1 is 1.00 bits per heavy atom.